The van der Waals surface area contributed by atoms with E-state index in [4.69, 9.17) is 43.9 Å². The van der Waals surface area contributed by atoms with Gasteiger partial charge in [-0.05, 0) is 62.7 Å². The molecule has 1 fully saturated rings. The molecule has 1 saturated heterocycles. The number of amides is 2. The first-order chi connectivity index (χ1) is 19.2. The van der Waals surface area contributed by atoms with E-state index >= 15 is 0 Å². The molecular formula is C28H30Cl2N8O2. The Hall–Kier alpha value is -3.73. The zero-order valence-corrected chi connectivity index (χ0v) is 23.8. The van der Waals surface area contributed by atoms with Crippen molar-refractivity contribution in [2.24, 2.45) is 5.73 Å². The van der Waals surface area contributed by atoms with E-state index in [2.05, 4.69) is 15.5 Å². The number of carbonyl (C=O) groups excluding carboxylic acids is 2. The molecule has 10 nitrogen and oxygen atoms in total. The summed E-state index contributed by atoms with van der Waals surface area (Å²) in [6.07, 6.45) is 1.01. The molecule has 0 atom stereocenters. The molecule has 0 aliphatic carbocycles. The number of rotatable bonds is 8. The first-order valence-corrected chi connectivity index (χ1v) is 13.8. The zero-order valence-electron chi connectivity index (χ0n) is 22.2. The highest BCUT2D eigenvalue weighted by Crippen LogP contribution is 2.36. The minimum absolute atomic E-state index is 0.200. The summed E-state index contributed by atoms with van der Waals surface area (Å²) in [4.78, 5) is 41.1. The van der Waals surface area contributed by atoms with Crippen molar-refractivity contribution in [1.82, 2.24) is 30.2 Å². The first kappa shape index (κ1) is 27.8. The summed E-state index contributed by atoms with van der Waals surface area (Å²) in [5.41, 5.74) is 7.30. The molecule has 2 amide bonds. The van der Waals surface area contributed by atoms with Crippen LogP contribution in [0, 0.1) is 6.92 Å². The Morgan fingerprint density at radius 3 is 2.38 bits per heavy atom. The quantitative estimate of drug-likeness (QED) is 0.290. The molecule has 3 heterocycles. The Morgan fingerprint density at radius 2 is 1.73 bits per heavy atom. The van der Waals surface area contributed by atoms with Crippen molar-refractivity contribution in [2.45, 2.75) is 32.2 Å². The lowest BCUT2D eigenvalue weighted by Crippen LogP contribution is -2.62. The molecule has 1 aliphatic rings. The van der Waals surface area contributed by atoms with Crippen molar-refractivity contribution in [3.63, 3.8) is 0 Å². The molecule has 2 aromatic heterocycles. The number of anilines is 1. The van der Waals surface area contributed by atoms with E-state index in [1.807, 2.05) is 66.9 Å². The van der Waals surface area contributed by atoms with Gasteiger partial charge in [0, 0.05) is 29.4 Å². The van der Waals surface area contributed by atoms with Gasteiger partial charge < -0.3 is 21.3 Å². The summed E-state index contributed by atoms with van der Waals surface area (Å²) in [6.45, 7) is 5.28. The van der Waals surface area contributed by atoms with Crippen LogP contribution in [-0.4, -0.2) is 63.1 Å². The lowest BCUT2D eigenvalue weighted by atomic mass is 9.86. The number of aromatic nitrogens is 4. The van der Waals surface area contributed by atoms with Crippen LogP contribution in [0.25, 0.3) is 28.2 Å². The highest BCUT2D eigenvalue weighted by molar-refractivity contribution is 6.33. The molecule has 208 valence electrons. The Morgan fingerprint density at radius 1 is 1.02 bits per heavy atom. The second-order valence-electron chi connectivity index (χ2n) is 9.74. The number of primary amides is 1. The highest BCUT2D eigenvalue weighted by Gasteiger charge is 2.41. The van der Waals surface area contributed by atoms with Crippen LogP contribution in [0.15, 0.2) is 48.5 Å². The summed E-state index contributed by atoms with van der Waals surface area (Å²) < 4.78 is 1.97. The van der Waals surface area contributed by atoms with E-state index in [1.54, 1.807) is 0 Å². The van der Waals surface area contributed by atoms with E-state index in [0.717, 1.165) is 11.3 Å². The third-order valence-electron chi connectivity index (χ3n) is 7.09. The van der Waals surface area contributed by atoms with Crippen LogP contribution in [-0.2, 0) is 9.59 Å². The van der Waals surface area contributed by atoms with Gasteiger partial charge in [-0.2, -0.15) is 0 Å². The second kappa shape index (κ2) is 11.4. The summed E-state index contributed by atoms with van der Waals surface area (Å²) >= 11 is 12.8. The lowest BCUT2D eigenvalue weighted by Gasteiger charge is -2.41. The molecule has 4 aromatic rings. The van der Waals surface area contributed by atoms with E-state index in [9.17, 15) is 9.59 Å². The predicted octanol–water partition coefficient (Wildman–Crippen LogP) is 3.65. The number of imidazole rings is 1. The fourth-order valence-corrected chi connectivity index (χ4v) is 5.53. The van der Waals surface area contributed by atoms with Crippen molar-refractivity contribution < 1.29 is 9.59 Å². The normalized spacial score (nSPS) is 14.8. The van der Waals surface area contributed by atoms with Crippen LogP contribution < -0.4 is 21.3 Å². The number of nitrogens with one attached hydrogen (secondary N) is 2. The molecule has 0 radical (unpaired) electrons. The van der Waals surface area contributed by atoms with Crippen molar-refractivity contribution in [2.75, 3.05) is 31.1 Å². The highest BCUT2D eigenvalue weighted by atomic mass is 35.5. The number of hydrogen-bond donors (Lipinski definition) is 3. The number of benzene rings is 2. The summed E-state index contributed by atoms with van der Waals surface area (Å²) in [5, 5.41) is 7.20. The largest absolute Gasteiger partial charge is 0.368 e. The zero-order chi connectivity index (χ0) is 28.4. The number of aryl methyl sites for hydroxylation is 1. The van der Waals surface area contributed by atoms with Gasteiger partial charge in [-0.1, -0.05) is 42.3 Å². The maximum Gasteiger partial charge on any atom is 0.240 e. The number of halogens is 2. The molecule has 2 aromatic carbocycles. The molecule has 12 heteroatoms. The maximum atomic E-state index is 13.1. The van der Waals surface area contributed by atoms with Crippen molar-refractivity contribution in [1.29, 1.82) is 0 Å². The van der Waals surface area contributed by atoms with Crippen LogP contribution >= 0.6 is 23.2 Å². The smallest absolute Gasteiger partial charge is 0.240 e. The monoisotopic (exact) mass is 580 g/mol. The topological polar surface area (TPSA) is 131 Å². The predicted molar refractivity (Wildman–Crippen MR) is 157 cm³/mol. The molecule has 0 saturated carbocycles. The Balaban J connectivity index is 1.58. The number of piperidine rings is 1. The minimum atomic E-state index is -0.812. The molecular weight excluding hydrogens is 551 g/mol. The Labute approximate surface area is 241 Å². The second-order valence-corrected chi connectivity index (χ2v) is 10.6. The molecule has 0 spiro atoms. The van der Waals surface area contributed by atoms with Crippen molar-refractivity contribution in [3.05, 3.63) is 64.4 Å². The van der Waals surface area contributed by atoms with Gasteiger partial charge in [0.1, 0.15) is 17.2 Å². The number of nitrogens with zero attached hydrogens (tertiary/aromatic N) is 5. The number of nitrogens with two attached hydrogens (primary N) is 1. The van der Waals surface area contributed by atoms with E-state index in [0.29, 0.717) is 71.2 Å². The van der Waals surface area contributed by atoms with Gasteiger partial charge in [0.05, 0.1) is 11.6 Å². The first-order valence-electron chi connectivity index (χ1n) is 13.1. The summed E-state index contributed by atoms with van der Waals surface area (Å²) in [7, 11) is 0. The van der Waals surface area contributed by atoms with Gasteiger partial charge in [-0.3, -0.25) is 14.2 Å². The van der Waals surface area contributed by atoms with E-state index in [-0.39, 0.29) is 12.5 Å². The molecule has 1 aliphatic heterocycles. The number of carbonyl (C=O) groups is 2. The average molecular weight is 582 g/mol. The van der Waals surface area contributed by atoms with E-state index in [1.165, 1.54) is 0 Å². The van der Waals surface area contributed by atoms with Crippen molar-refractivity contribution in [3.8, 4) is 17.1 Å². The van der Waals surface area contributed by atoms with Gasteiger partial charge in [-0.25, -0.2) is 15.0 Å². The van der Waals surface area contributed by atoms with Crippen LogP contribution in [0.4, 0.5) is 5.82 Å². The average Bonchev–Trinajstić information content (AvgIpc) is 3.31. The summed E-state index contributed by atoms with van der Waals surface area (Å²) in [6, 6.07) is 15.0. The third-order valence-corrected chi connectivity index (χ3v) is 7.67. The third kappa shape index (κ3) is 5.34. The molecule has 0 bridgehead atoms. The van der Waals surface area contributed by atoms with Gasteiger partial charge in [0.25, 0.3) is 0 Å². The lowest BCUT2D eigenvalue weighted by molar-refractivity contribution is -0.130. The SMILES string of the molecule is CCNC1(C(=O)NCC(N)=O)CCN(c2nc(C)nc3c2nc(-c2ccccc2Cl)n3-c2ccc(Cl)cc2)CC1. The molecule has 40 heavy (non-hydrogen) atoms. The standard InChI is InChI=1S/C28H30Cl2N8O2/c1-3-33-28(27(40)32-16-22(31)39)12-14-37(15-13-28)25-23-26(35-17(2)34-25)38(19-10-8-18(29)9-11-19)24(36-23)20-6-4-5-7-21(20)30/h4-11,33H,3,12-16H2,1-2H3,(H2,31,39)(H,32,40). The summed E-state index contributed by atoms with van der Waals surface area (Å²) in [5.74, 6) is 1.10. The minimum Gasteiger partial charge on any atom is -0.368 e. The molecule has 5 rings (SSSR count). The number of likely N-dealkylation sites (N-methyl/N-ethyl adjacent to an activating group) is 1. The van der Waals surface area contributed by atoms with Gasteiger partial charge >= 0.3 is 0 Å². The van der Waals surface area contributed by atoms with Crippen LogP contribution in [0.5, 0.6) is 0 Å². The van der Waals surface area contributed by atoms with Crippen LogP contribution in [0.2, 0.25) is 10.0 Å². The van der Waals surface area contributed by atoms with Gasteiger partial charge in [0.2, 0.25) is 11.8 Å². The fraction of sp³-hybridized carbons (Fsp3) is 0.321. The van der Waals surface area contributed by atoms with Crippen LogP contribution in [0.3, 0.4) is 0 Å². The number of hydrogen-bond acceptors (Lipinski definition) is 7. The molecule has 4 N–H and O–H groups in total. The fourth-order valence-electron chi connectivity index (χ4n) is 5.19. The van der Waals surface area contributed by atoms with Crippen LogP contribution in [0.1, 0.15) is 25.6 Å². The Kier molecular flexibility index (Phi) is 7.93. The number of fused-ring (bicyclic) bond motifs is 1. The van der Waals surface area contributed by atoms with Gasteiger partial charge in [-0.15, -0.1) is 0 Å². The van der Waals surface area contributed by atoms with E-state index < -0.39 is 11.4 Å². The van der Waals surface area contributed by atoms with Gasteiger partial charge in [0.15, 0.2) is 17.0 Å². The van der Waals surface area contributed by atoms with Crippen molar-refractivity contribution >= 4 is 52.0 Å². The maximum absolute atomic E-state index is 13.1. The Bertz CT molecular complexity index is 1560. The molecule has 0 unspecified atom stereocenters.